The lowest BCUT2D eigenvalue weighted by atomic mass is 9.90. The average Bonchev–Trinajstić information content (AvgIpc) is 2.57. The molecule has 23 heavy (non-hydrogen) atoms. The molecule has 2 heterocycles. The van der Waals surface area contributed by atoms with Gasteiger partial charge in [0.1, 0.15) is 5.82 Å². The number of halogens is 1. The third-order valence-electron chi connectivity index (χ3n) is 4.38. The first-order chi connectivity index (χ1) is 11.2. The Labute approximate surface area is 136 Å². The third kappa shape index (κ3) is 4.48. The molecule has 0 unspecified atom stereocenters. The predicted molar refractivity (Wildman–Crippen MR) is 86.7 cm³/mol. The molecule has 1 saturated heterocycles. The van der Waals surface area contributed by atoms with Crippen molar-refractivity contribution in [3.05, 3.63) is 53.6 Å². The van der Waals surface area contributed by atoms with Gasteiger partial charge in [0.15, 0.2) is 0 Å². The van der Waals surface area contributed by atoms with E-state index < -0.39 is 0 Å². The Kier molecular flexibility index (Phi) is 5.18. The number of nitrogens with zero attached hydrogens (tertiary/aromatic N) is 3. The second-order valence-corrected chi connectivity index (χ2v) is 6.09. The molecule has 1 aromatic heterocycles. The number of piperidine rings is 1. The summed E-state index contributed by atoms with van der Waals surface area (Å²) >= 11 is 0. The molecule has 4 nitrogen and oxygen atoms in total. The molecule has 0 saturated carbocycles. The molecule has 122 valence electrons. The highest BCUT2D eigenvalue weighted by molar-refractivity contribution is 5.17. The summed E-state index contributed by atoms with van der Waals surface area (Å²) in [4.78, 5) is 10.8. The van der Waals surface area contributed by atoms with Crippen LogP contribution in [0.2, 0.25) is 0 Å². The number of rotatable bonds is 5. The molecular weight excluding hydrogens is 293 g/mol. The molecule has 0 atom stereocenters. The maximum absolute atomic E-state index is 13.3. The Hall–Kier alpha value is -2.01. The quantitative estimate of drug-likeness (QED) is 0.850. The van der Waals surface area contributed by atoms with E-state index in [2.05, 4.69) is 14.9 Å². The SMILES string of the molecule is COc1nccc(CN2CCC(Cc3cccc(F)c3)CC2)n1. The average molecular weight is 315 g/mol. The maximum atomic E-state index is 13.3. The van der Waals surface area contributed by atoms with Crippen LogP contribution in [0.3, 0.4) is 0 Å². The van der Waals surface area contributed by atoms with Gasteiger partial charge in [0, 0.05) is 12.7 Å². The van der Waals surface area contributed by atoms with E-state index >= 15 is 0 Å². The van der Waals surface area contributed by atoms with Gasteiger partial charge in [-0.1, -0.05) is 12.1 Å². The Balaban J connectivity index is 1.50. The van der Waals surface area contributed by atoms with Crippen LogP contribution >= 0.6 is 0 Å². The smallest absolute Gasteiger partial charge is 0.316 e. The van der Waals surface area contributed by atoms with Gasteiger partial charge in [-0.2, -0.15) is 4.98 Å². The predicted octanol–water partition coefficient (Wildman–Crippen LogP) is 3.08. The van der Waals surface area contributed by atoms with Crippen molar-refractivity contribution >= 4 is 0 Å². The van der Waals surface area contributed by atoms with Crippen LogP contribution in [0.15, 0.2) is 36.5 Å². The second kappa shape index (κ2) is 7.51. The molecule has 1 aromatic carbocycles. The van der Waals surface area contributed by atoms with Gasteiger partial charge in [-0.15, -0.1) is 0 Å². The van der Waals surface area contributed by atoms with E-state index in [4.69, 9.17) is 4.74 Å². The van der Waals surface area contributed by atoms with Crippen LogP contribution in [0.1, 0.15) is 24.1 Å². The van der Waals surface area contributed by atoms with E-state index in [1.165, 1.54) is 6.07 Å². The fraction of sp³-hybridized carbons (Fsp3) is 0.444. The fourth-order valence-electron chi connectivity index (χ4n) is 3.14. The van der Waals surface area contributed by atoms with Gasteiger partial charge >= 0.3 is 6.01 Å². The third-order valence-corrected chi connectivity index (χ3v) is 4.38. The highest BCUT2D eigenvalue weighted by Crippen LogP contribution is 2.23. The number of hydrogen-bond acceptors (Lipinski definition) is 4. The second-order valence-electron chi connectivity index (χ2n) is 6.09. The summed E-state index contributed by atoms with van der Waals surface area (Å²) in [6.45, 7) is 2.92. The minimum Gasteiger partial charge on any atom is -0.467 e. The monoisotopic (exact) mass is 315 g/mol. The molecule has 0 spiro atoms. The van der Waals surface area contributed by atoms with E-state index in [-0.39, 0.29) is 5.82 Å². The van der Waals surface area contributed by atoms with E-state index in [1.807, 2.05) is 12.1 Å². The summed E-state index contributed by atoms with van der Waals surface area (Å²) < 4.78 is 18.3. The molecule has 3 rings (SSSR count). The Morgan fingerprint density at radius 2 is 2.09 bits per heavy atom. The molecule has 0 bridgehead atoms. The topological polar surface area (TPSA) is 38.2 Å². The lowest BCUT2D eigenvalue weighted by Gasteiger charge is -2.31. The molecule has 2 aromatic rings. The molecule has 0 amide bonds. The van der Waals surface area contributed by atoms with Crippen molar-refractivity contribution in [2.75, 3.05) is 20.2 Å². The van der Waals surface area contributed by atoms with Crippen LogP contribution in [0.25, 0.3) is 0 Å². The maximum Gasteiger partial charge on any atom is 0.316 e. The normalized spacial score (nSPS) is 16.4. The van der Waals surface area contributed by atoms with Crippen molar-refractivity contribution in [2.45, 2.75) is 25.8 Å². The Morgan fingerprint density at radius 3 is 2.83 bits per heavy atom. The number of likely N-dealkylation sites (tertiary alicyclic amines) is 1. The van der Waals surface area contributed by atoms with Gasteiger partial charge < -0.3 is 4.74 Å². The van der Waals surface area contributed by atoms with Crippen molar-refractivity contribution in [2.24, 2.45) is 5.92 Å². The van der Waals surface area contributed by atoms with Crippen molar-refractivity contribution < 1.29 is 9.13 Å². The summed E-state index contributed by atoms with van der Waals surface area (Å²) in [6.07, 6.45) is 4.97. The number of aromatic nitrogens is 2. The Bertz CT molecular complexity index is 642. The van der Waals surface area contributed by atoms with E-state index in [9.17, 15) is 4.39 Å². The van der Waals surface area contributed by atoms with Crippen LogP contribution in [-0.4, -0.2) is 35.1 Å². The van der Waals surface area contributed by atoms with Crippen molar-refractivity contribution in [3.63, 3.8) is 0 Å². The standard InChI is InChI=1S/C18H22FN3O/c1-23-18-20-8-5-17(21-18)13-22-9-6-14(7-10-22)11-15-3-2-4-16(19)12-15/h2-5,8,12,14H,6-7,9-11,13H2,1H3. The van der Waals surface area contributed by atoms with Crippen molar-refractivity contribution in [1.82, 2.24) is 14.9 Å². The Morgan fingerprint density at radius 1 is 1.26 bits per heavy atom. The first-order valence-corrected chi connectivity index (χ1v) is 8.05. The van der Waals surface area contributed by atoms with Crippen LogP contribution in [0.5, 0.6) is 6.01 Å². The summed E-state index contributed by atoms with van der Waals surface area (Å²) in [6, 6.07) is 9.32. The molecule has 1 fully saturated rings. The summed E-state index contributed by atoms with van der Waals surface area (Å²) in [5.41, 5.74) is 2.09. The van der Waals surface area contributed by atoms with E-state index in [0.717, 1.165) is 50.2 Å². The largest absolute Gasteiger partial charge is 0.467 e. The van der Waals surface area contributed by atoms with Gasteiger partial charge in [0.05, 0.1) is 12.8 Å². The van der Waals surface area contributed by atoms with E-state index in [0.29, 0.717) is 11.9 Å². The fourth-order valence-corrected chi connectivity index (χ4v) is 3.14. The first kappa shape index (κ1) is 15.9. The zero-order valence-corrected chi connectivity index (χ0v) is 13.4. The minimum absolute atomic E-state index is 0.141. The number of ether oxygens (including phenoxy) is 1. The van der Waals surface area contributed by atoms with E-state index in [1.54, 1.807) is 25.4 Å². The first-order valence-electron chi connectivity index (χ1n) is 8.05. The highest BCUT2D eigenvalue weighted by Gasteiger charge is 2.20. The van der Waals surface area contributed by atoms with Crippen LogP contribution in [0, 0.1) is 11.7 Å². The number of hydrogen-bond donors (Lipinski definition) is 0. The molecule has 0 N–H and O–H groups in total. The van der Waals surface area contributed by atoms with Crippen LogP contribution in [-0.2, 0) is 13.0 Å². The van der Waals surface area contributed by atoms with Gasteiger partial charge in [-0.3, -0.25) is 4.90 Å². The van der Waals surface area contributed by atoms with Gasteiger partial charge in [0.25, 0.3) is 0 Å². The molecule has 1 aliphatic heterocycles. The van der Waals surface area contributed by atoms with Gasteiger partial charge in [0.2, 0.25) is 0 Å². The zero-order valence-electron chi connectivity index (χ0n) is 13.4. The van der Waals surface area contributed by atoms with Gasteiger partial charge in [-0.05, 0) is 62.0 Å². The lowest BCUT2D eigenvalue weighted by molar-refractivity contribution is 0.174. The molecule has 5 heteroatoms. The summed E-state index contributed by atoms with van der Waals surface area (Å²) in [5, 5.41) is 0. The van der Waals surface area contributed by atoms with Crippen molar-refractivity contribution in [3.8, 4) is 6.01 Å². The lowest BCUT2D eigenvalue weighted by Crippen LogP contribution is -2.34. The summed E-state index contributed by atoms with van der Waals surface area (Å²) in [5.74, 6) is 0.491. The molecule has 0 aliphatic carbocycles. The van der Waals surface area contributed by atoms with Gasteiger partial charge in [-0.25, -0.2) is 9.37 Å². The number of benzene rings is 1. The highest BCUT2D eigenvalue weighted by atomic mass is 19.1. The minimum atomic E-state index is -0.141. The zero-order chi connectivity index (χ0) is 16.1. The number of methoxy groups -OCH3 is 1. The molecular formula is C18H22FN3O. The molecule has 0 radical (unpaired) electrons. The van der Waals surface area contributed by atoms with Crippen LogP contribution in [0.4, 0.5) is 4.39 Å². The van der Waals surface area contributed by atoms with Crippen molar-refractivity contribution in [1.29, 1.82) is 0 Å². The molecule has 1 aliphatic rings. The van der Waals surface area contributed by atoms with Crippen LogP contribution < -0.4 is 4.74 Å². The summed E-state index contributed by atoms with van der Waals surface area (Å²) in [7, 11) is 1.58.